The van der Waals surface area contributed by atoms with Crippen LogP contribution in [0.3, 0.4) is 0 Å². The Bertz CT molecular complexity index is 566. The molecule has 0 aromatic heterocycles. The van der Waals surface area contributed by atoms with Crippen LogP contribution in [0.25, 0.3) is 0 Å². The predicted molar refractivity (Wildman–Crippen MR) is 75.3 cm³/mol. The van der Waals surface area contributed by atoms with Gasteiger partial charge >= 0.3 is 6.36 Å². The second-order valence-electron chi connectivity index (χ2n) is 4.03. The second kappa shape index (κ2) is 6.06. The molecule has 1 nitrogen and oxygen atoms in total. The van der Waals surface area contributed by atoms with Crippen LogP contribution in [0.1, 0.15) is 16.0 Å². The normalized spacial score (nSPS) is 13.1. The van der Waals surface area contributed by atoms with Crippen molar-refractivity contribution in [3.8, 4) is 5.75 Å². The maximum absolute atomic E-state index is 12.1. The lowest BCUT2D eigenvalue weighted by atomic mass is 10.0. The van der Waals surface area contributed by atoms with Crippen molar-refractivity contribution in [3.05, 3.63) is 64.7 Å². The summed E-state index contributed by atoms with van der Waals surface area (Å²) < 4.78 is 40.0. The molecule has 1 unspecified atom stereocenters. The first-order chi connectivity index (χ1) is 9.35. The molecule has 0 bridgehead atoms. The van der Waals surface area contributed by atoms with E-state index in [2.05, 4.69) is 20.7 Å². The highest BCUT2D eigenvalue weighted by Gasteiger charge is 2.31. The molecule has 0 saturated heterocycles. The monoisotopic (exact) mass is 364 g/mol. The van der Waals surface area contributed by atoms with Crippen LogP contribution in [0, 0.1) is 0 Å². The van der Waals surface area contributed by atoms with Crippen molar-refractivity contribution in [2.45, 2.75) is 11.2 Å². The molecule has 6 heteroatoms. The number of benzene rings is 2. The quantitative estimate of drug-likeness (QED) is 0.632. The van der Waals surface area contributed by atoms with Crippen LogP contribution in [-0.4, -0.2) is 6.36 Å². The fourth-order valence-electron chi connectivity index (χ4n) is 1.66. The maximum atomic E-state index is 12.1. The fraction of sp³-hybridized carbons (Fsp3) is 0.143. The van der Waals surface area contributed by atoms with E-state index in [1.807, 2.05) is 12.1 Å². The zero-order chi connectivity index (χ0) is 14.8. The van der Waals surface area contributed by atoms with E-state index in [9.17, 15) is 13.2 Å². The van der Waals surface area contributed by atoms with Crippen LogP contribution >= 0.6 is 27.5 Å². The fourth-order valence-corrected chi connectivity index (χ4v) is 2.40. The molecule has 0 spiro atoms. The molecule has 2 aromatic rings. The van der Waals surface area contributed by atoms with Gasteiger partial charge in [-0.2, -0.15) is 0 Å². The van der Waals surface area contributed by atoms with Gasteiger partial charge in [0.05, 0.1) is 4.83 Å². The molecule has 0 heterocycles. The van der Waals surface area contributed by atoms with Crippen molar-refractivity contribution in [1.29, 1.82) is 0 Å². The van der Waals surface area contributed by atoms with E-state index in [1.54, 1.807) is 24.3 Å². The first-order valence-electron chi connectivity index (χ1n) is 5.60. The smallest absolute Gasteiger partial charge is 0.406 e. The molecular formula is C14H9BrClF3O. The van der Waals surface area contributed by atoms with E-state index in [4.69, 9.17) is 11.6 Å². The topological polar surface area (TPSA) is 9.23 Å². The van der Waals surface area contributed by atoms with Crippen molar-refractivity contribution in [3.63, 3.8) is 0 Å². The van der Waals surface area contributed by atoms with Crippen LogP contribution in [0.15, 0.2) is 48.5 Å². The van der Waals surface area contributed by atoms with Gasteiger partial charge in [-0.3, -0.25) is 0 Å². The van der Waals surface area contributed by atoms with Gasteiger partial charge in [-0.05, 0) is 35.4 Å². The molecule has 0 aliphatic heterocycles. The third-order valence-electron chi connectivity index (χ3n) is 2.57. The molecule has 2 rings (SSSR count). The zero-order valence-electron chi connectivity index (χ0n) is 9.99. The van der Waals surface area contributed by atoms with Crippen LogP contribution < -0.4 is 4.74 Å². The SMILES string of the molecule is FC(F)(F)Oc1ccc(C(Br)c2ccc(Cl)cc2)cc1. The van der Waals surface area contributed by atoms with E-state index >= 15 is 0 Å². The van der Waals surface area contributed by atoms with Gasteiger partial charge in [0.1, 0.15) is 5.75 Å². The van der Waals surface area contributed by atoms with Crippen LogP contribution in [0.4, 0.5) is 13.2 Å². The summed E-state index contributed by atoms with van der Waals surface area (Å²) in [5.41, 5.74) is 1.78. The molecule has 0 aliphatic rings. The van der Waals surface area contributed by atoms with E-state index < -0.39 is 6.36 Å². The van der Waals surface area contributed by atoms with Gasteiger partial charge in [0.15, 0.2) is 0 Å². The number of ether oxygens (including phenoxy) is 1. The summed E-state index contributed by atoms with van der Waals surface area (Å²) in [5, 5.41) is 0.627. The van der Waals surface area contributed by atoms with Gasteiger partial charge in [0.2, 0.25) is 0 Å². The Labute approximate surface area is 127 Å². The highest BCUT2D eigenvalue weighted by Crippen LogP contribution is 2.33. The largest absolute Gasteiger partial charge is 0.573 e. The minimum atomic E-state index is -4.68. The first-order valence-corrected chi connectivity index (χ1v) is 6.90. The van der Waals surface area contributed by atoms with Crippen molar-refractivity contribution in [1.82, 2.24) is 0 Å². The van der Waals surface area contributed by atoms with Crippen LogP contribution in [-0.2, 0) is 0 Å². The number of halogens is 5. The van der Waals surface area contributed by atoms with E-state index in [1.165, 1.54) is 12.1 Å². The van der Waals surface area contributed by atoms with Gasteiger partial charge in [0.25, 0.3) is 0 Å². The summed E-state index contributed by atoms with van der Waals surface area (Å²) in [6.45, 7) is 0. The summed E-state index contributed by atoms with van der Waals surface area (Å²) in [7, 11) is 0. The molecule has 0 aliphatic carbocycles. The Balaban J connectivity index is 2.15. The summed E-state index contributed by atoms with van der Waals surface area (Å²) in [6.07, 6.45) is -4.68. The maximum Gasteiger partial charge on any atom is 0.573 e. The molecule has 20 heavy (non-hydrogen) atoms. The van der Waals surface area contributed by atoms with Gasteiger partial charge in [-0.25, -0.2) is 0 Å². The summed E-state index contributed by atoms with van der Waals surface area (Å²) in [6, 6.07) is 12.9. The second-order valence-corrected chi connectivity index (χ2v) is 5.38. The van der Waals surface area contributed by atoms with E-state index in [-0.39, 0.29) is 10.6 Å². The molecule has 0 radical (unpaired) electrons. The summed E-state index contributed by atoms with van der Waals surface area (Å²) in [5.74, 6) is -0.239. The highest BCUT2D eigenvalue weighted by atomic mass is 79.9. The Morgan fingerprint density at radius 1 is 0.900 bits per heavy atom. The average molecular weight is 366 g/mol. The summed E-state index contributed by atoms with van der Waals surface area (Å²) >= 11 is 9.30. The lowest BCUT2D eigenvalue weighted by Gasteiger charge is -2.13. The van der Waals surface area contributed by atoms with Crippen molar-refractivity contribution >= 4 is 27.5 Å². The van der Waals surface area contributed by atoms with Crippen molar-refractivity contribution in [2.24, 2.45) is 0 Å². The minimum absolute atomic E-state index is 0.125. The number of alkyl halides is 4. The number of hydrogen-bond acceptors (Lipinski definition) is 1. The molecular weight excluding hydrogens is 357 g/mol. The lowest BCUT2D eigenvalue weighted by Crippen LogP contribution is -2.17. The number of hydrogen-bond donors (Lipinski definition) is 0. The highest BCUT2D eigenvalue weighted by molar-refractivity contribution is 9.09. The van der Waals surface area contributed by atoms with Crippen LogP contribution in [0.5, 0.6) is 5.75 Å². The van der Waals surface area contributed by atoms with Crippen molar-refractivity contribution in [2.75, 3.05) is 0 Å². The van der Waals surface area contributed by atoms with Gasteiger partial charge < -0.3 is 4.74 Å². The molecule has 1 atom stereocenters. The Morgan fingerprint density at radius 2 is 1.35 bits per heavy atom. The standard InChI is InChI=1S/C14H9BrClF3O/c15-13(9-1-5-11(16)6-2-9)10-3-7-12(8-4-10)20-14(17,18)19/h1-8,13H. The van der Waals surface area contributed by atoms with E-state index in [0.29, 0.717) is 5.02 Å². The molecule has 106 valence electrons. The van der Waals surface area contributed by atoms with Gasteiger partial charge in [0, 0.05) is 5.02 Å². The molecule has 0 saturated carbocycles. The third-order valence-corrected chi connectivity index (χ3v) is 3.88. The molecule has 2 aromatic carbocycles. The third kappa shape index (κ3) is 4.15. The lowest BCUT2D eigenvalue weighted by molar-refractivity contribution is -0.274. The predicted octanol–water partition coefficient (Wildman–Crippen LogP) is 5.72. The molecule has 0 amide bonds. The molecule has 0 N–H and O–H groups in total. The van der Waals surface area contributed by atoms with Crippen LogP contribution in [0.2, 0.25) is 5.02 Å². The molecule has 0 fully saturated rings. The minimum Gasteiger partial charge on any atom is -0.406 e. The van der Waals surface area contributed by atoms with Gasteiger partial charge in [-0.15, -0.1) is 13.2 Å². The van der Waals surface area contributed by atoms with Gasteiger partial charge in [-0.1, -0.05) is 51.8 Å². The Morgan fingerprint density at radius 3 is 1.80 bits per heavy atom. The average Bonchev–Trinajstić information content (AvgIpc) is 2.38. The zero-order valence-corrected chi connectivity index (χ0v) is 12.3. The first kappa shape index (κ1) is 15.2. The Hall–Kier alpha value is -1.20. The Kier molecular flexibility index (Phi) is 4.60. The number of rotatable bonds is 3. The van der Waals surface area contributed by atoms with Crippen molar-refractivity contribution < 1.29 is 17.9 Å². The van der Waals surface area contributed by atoms with E-state index in [0.717, 1.165) is 11.1 Å². The summed E-state index contributed by atoms with van der Waals surface area (Å²) in [4.78, 5) is -0.125.